The van der Waals surface area contributed by atoms with E-state index in [9.17, 15) is 18.0 Å². The van der Waals surface area contributed by atoms with E-state index in [4.69, 9.17) is 17.3 Å². The van der Waals surface area contributed by atoms with Crippen molar-refractivity contribution in [3.05, 3.63) is 0 Å². The average molecular weight is 301 g/mol. The zero-order chi connectivity index (χ0) is 15.5. The first-order valence-corrected chi connectivity index (χ1v) is 5.81. The Morgan fingerprint density at radius 2 is 1.63 bits per heavy atom. The molecule has 0 aromatic carbocycles. The highest BCUT2D eigenvalue weighted by Crippen LogP contribution is 2.32. The van der Waals surface area contributed by atoms with Gasteiger partial charge in [-0.3, -0.25) is 15.6 Å². The highest BCUT2D eigenvalue weighted by molar-refractivity contribution is 7.80. The van der Waals surface area contributed by atoms with Crippen LogP contribution >= 0.6 is 12.2 Å². The van der Waals surface area contributed by atoms with Gasteiger partial charge in [0.25, 0.3) is 0 Å². The summed E-state index contributed by atoms with van der Waals surface area (Å²) in [6.45, 7) is 5.98. The molecule has 0 aliphatic heterocycles. The predicted molar refractivity (Wildman–Crippen MR) is 68.1 cm³/mol. The Balaban J connectivity index is 4.25. The quantitative estimate of drug-likeness (QED) is 0.452. The summed E-state index contributed by atoms with van der Waals surface area (Å²) < 4.78 is 37.0. The van der Waals surface area contributed by atoms with Crippen LogP contribution in [0.1, 0.15) is 34.1 Å². The molecule has 0 radical (unpaired) electrons. The number of hydrogen-bond donors (Lipinski definition) is 4. The molecule has 5 nitrogen and oxygen atoms in total. The molecule has 0 heterocycles. The third-order valence-corrected chi connectivity index (χ3v) is 2.12. The molecule has 0 spiro atoms. The molecule has 0 aliphatic rings. The van der Waals surface area contributed by atoms with Gasteiger partial charge in [0.15, 0.2) is 10.7 Å². The van der Waals surface area contributed by atoms with E-state index < -0.39 is 24.1 Å². The lowest BCUT2D eigenvalue weighted by Crippen LogP contribution is -2.54. The minimum atomic E-state index is -4.88. The predicted octanol–water partition coefficient (Wildman–Crippen LogP) is 0.984. The van der Waals surface area contributed by atoms with Crippen molar-refractivity contribution in [1.82, 2.24) is 16.2 Å². The standard InChI is InChI=1S/C10H18F3N3O2S/c1-8(2,3)14-7(19)16-15-6(17)5-9(4,18)10(11,12)13/h18H,5H2,1-4H3,(H,15,17)(H2,14,16,19)/t9-/m1/s1. The van der Waals surface area contributed by atoms with Gasteiger partial charge < -0.3 is 10.4 Å². The number of halogens is 3. The second-order valence-corrected chi connectivity index (χ2v) is 5.73. The molecule has 1 atom stereocenters. The number of hydrazine groups is 1. The minimum Gasteiger partial charge on any atom is -0.380 e. The number of amides is 1. The third kappa shape index (κ3) is 7.16. The zero-order valence-corrected chi connectivity index (χ0v) is 11.9. The fourth-order valence-corrected chi connectivity index (χ4v) is 1.31. The van der Waals surface area contributed by atoms with Gasteiger partial charge in [-0.1, -0.05) is 0 Å². The Morgan fingerprint density at radius 3 is 2.00 bits per heavy atom. The summed E-state index contributed by atoms with van der Waals surface area (Å²) in [4.78, 5) is 11.3. The molecular formula is C10H18F3N3O2S. The van der Waals surface area contributed by atoms with Crippen LogP contribution in [0.4, 0.5) is 13.2 Å². The normalized spacial score (nSPS) is 15.4. The highest BCUT2D eigenvalue weighted by Gasteiger charge is 2.51. The van der Waals surface area contributed by atoms with E-state index in [0.717, 1.165) is 0 Å². The lowest BCUT2D eigenvalue weighted by Gasteiger charge is -2.26. The largest absolute Gasteiger partial charge is 0.417 e. The zero-order valence-electron chi connectivity index (χ0n) is 11.1. The van der Waals surface area contributed by atoms with Crippen LogP contribution in [-0.4, -0.2) is 33.4 Å². The molecule has 0 fully saturated rings. The summed E-state index contributed by atoms with van der Waals surface area (Å²) >= 11 is 4.81. The van der Waals surface area contributed by atoms with Crippen molar-refractivity contribution in [2.45, 2.75) is 51.4 Å². The molecule has 0 saturated heterocycles. The minimum absolute atomic E-state index is 0.0625. The summed E-state index contributed by atoms with van der Waals surface area (Å²) in [6, 6.07) is 0. The number of alkyl halides is 3. The first-order chi connectivity index (χ1) is 8.24. The SMILES string of the molecule is CC(C)(C)NC(=S)NNC(=O)C[C@@](C)(O)C(F)(F)F. The molecule has 0 saturated carbocycles. The molecule has 0 bridgehead atoms. The molecule has 0 rings (SSSR count). The maximum absolute atomic E-state index is 12.3. The van der Waals surface area contributed by atoms with Gasteiger partial charge in [0, 0.05) is 5.54 Å². The fraction of sp³-hybridized carbons (Fsp3) is 0.800. The van der Waals surface area contributed by atoms with E-state index in [1.807, 2.05) is 26.2 Å². The van der Waals surface area contributed by atoms with E-state index in [1.54, 1.807) is 0 Å². The van der Waals surface area contributed by atoms with Crippen molar-refractivity contribution >= 4 is 23.2 Å². The summed E-state index contributed by atoms with van der Waals surface area (Å²) in [5.74, 6) is -1.03. The van der Waals surface area contributed by atoms with Crippen molar-refractivity contribution in [3.63, 3.8) is 0 Å². The Morgan fingerprint density at radius 1 is 1.16 bits per heavy atom. The fourth-order valence-electron chi connectivity index (χ4n) is 0.955. The summed E-state index contributed by atoms with van der Waals surface area (Å²) in [7, 11) is 0. The van der Waals surface area contributed by atoms with E-state index in [2.05, 4.69) is 10.7 Å². The van der Waals surface area contributed by atoms with Gasteiger partial charge >= 0.3 is 6.18 Å². The Bertz CT molecular complexity index is 351. The Labute approximate surface area is 114 Å². The second-order valence-electron chi connectivity index (χ2n) is 5.33. The highest BCUT2D eigenvalue weighted by atomic mass is 32.1. The van der Waals surface area contributed by atoms with Crippen LogP contribution in [0.25, 0.3) is 0 Å². The van der Waals surface area contributed by atoms with Gasteiger partial charge in [0.05, 0.1) is 6.42 Å². The summed E-state index contributed by atoms with van der Waals surface area (Å²) in [5.41, 5.74) is 0.796. The Kier molecular flexibility index (Phi) is 5.57. The average Bonchev–Trinajstić information content (AvgIpc) is 2.09. The molecule has 19 heavy (non-hydrogen) atoms. The maximum atomic E-state index is 12.3. The Hall–Kier alpha value is -1.09. The number of rotatable bonds is 2. The summed E-state index contributed by atoms with van der Waals surface area (Å²) in [6.07, 6.45) is -6.00. The van der Waals surface area contributed by atoms with Gasteiger partial charge in [0.2, 0.25) is 5.91 Å². The van der Waals surface area contributed by atoms with Crippen molar-refractivity contribution in [2.24, 2.45) is 0 Å². The van der Waals surface area contributed by atoms with Gasteiger partial charge in [0.1, 0.15) is 0 Å². The lowest BCUT2D eigenvalue weighted by molar-refractivity contribution is -0.253. The monoisotopic (exact) mass is 301 g/mol. The van der Waals surface area contributed by atoms with Crippen LogP contribution in [0.5, 0.6) is 0 Å². The van der Waals surface area contributed by atoms with Crippen molar-refractivity contribution in [3.8, 4) is 0 Å². The van der Waals surface area contributed by atoms with Crippen LogP contribution in [0.2, 0.25) is 0 Å². The van der Waals surface area contributed by atoms with E-state index in [1.165, 1.54) is 0 Å². The molecule has 9 heteroatoms. The summed E-state index contributed by atoms with van der Waals surface area (Å²) in [5, 5.41) is 12.0. The smallest absolute Gasteiger partial charge is 0.380 e. The van der Waals surface area contributed by atoms with Crippen LogP contribution < -0.4 is 16.2 Å². The number of thiocarbonyl (C=S) groups is 1. The molecule has 0 aromatic rings. The lowest BCUT2D eigenvalue weighted by atomic mass is 10.0. The van der Waals surface area contributed by atoms with E-state index in [0.29, 0.717) is 6.92 Å². The van der Waals surface area contributed by atoms with Crippen LogP contribution in [0.15, 0.2) is 0 Å². The topological polar surface area (TPSA) is 73.4 Å². The molecular weight excluding hydrogens is 283 g/mol. The van der Waals surface area contributed by atoms with Crippen molar-refractivity contribution in [1.29, 1.82) is 0 Å². The van der Waals surface area contributed by atoms with Crippen LogP contribution in [-0.2, 0) is 4.79 Å². The maximum Gasteiger partial charge on any atom is 0.417 e. The third-order valence-electron chi connectivity index (χ3n) is 1.92. The van der Waals surface area contributed by atoms with Crippen molar-refractivity contribution in [2.75, 3.05) is 0 Å². The van der Waals surface area contributed by atoms with Gasteiger partial charge in [-0.15, -0.1) is 0 Å². The van der Waals surface area contributed by atoms with Crippen LogP contribution in [0.3, 0.4) is 0 Å². The number of carbonyl (C=O) groups excluding carboxylic acids is 1. The number of aliphatic hydroxyl groups is 1. The van der Waals surface area contributed by atoms with E-state index in [-0.39, 0.29) is 10.7 Å². The molecule has 0 unspecified atom stereocenters. The van der Waals surface area contributed by atoms with Gasteiger partial charge in [-0.2, -0.15) is 13.2 Å². The first-order valence-electron chi connectivity index (χ1n) is 5.41. The van der Waals surface area contributed by atoms with Gasteiger partial charge in [-0.25, -0.2) is 0 Å². The molecule has 1 amide bonds. The van der Waals surface area contributed by atoms with Gasteiger partial charge in [-0.05, 0) is 39.9 Å². The number of nitrogens with one attached hydrogen (secondary N) is 3. The second kappa shape index (κ2) is 5.91. The van der Waals surface area contributed by atoms with E-state index >= 15 is 0 Å². The van der Waals surface area contributed by atoms with Crippen LogP contribution in [0, 0.1) is 0 Å². The molecule has 0 aromatic heterocycles. The van der Waals surface area contributed by atoms with Crippen molar-refractivity contribution < 1.29 is 23.1 Å². The molecule has 112 valence electrons. The number of hydrogen-bond acceptors (Lipinski definition) is 3. The molecule has 4 N–H and O–H groups in total. The number of carbonyl (C=O) groups is 1. The first kappa shape index (κ1) is 17.9. The molecule has 0 aliphatic carbocycles.